The highest BCUT2D eigenvalue weighted by atomic mass is 32.2. The number of hydrogen-bond donors (Lipinski definition) is 1. The van der Waals surface area contributed by atoms with Crippen LogP contribution >= 0.6 is 0 Å². The van der Waals surface area contributed by atoms with Gasteiger partial charge in [0, 0.05) is 24.0 Å². The standard InChI is InChI=1S/C33H37N3O6S/c1-24-15-16-30-29(20-24)25(2)31(36(30)18-19-41-28-13-7-4-8-14-28)32(37)34-43(39,40)23-27-12-9-17-35(21-27)33(38)42-22-26-10-5-3-6-11-26/h3-8,10-11,13-16,20,27H,9,12,17-19,21-23H2,1-2H3,(H,34,37)/t27-/m1/s1. The third kappa shape index (κ3) is 7.56. The van der Waals surface area contributed by atoms with Crippen molar-refractivity contribution in [1.29, 1.82) is 0 Å². The molecule has 1 aliphatic rings. The average Bonchev–Trinajstić information content (AvgIpc) is 3.27. The first kappa shape index (κ1) is 30.2. The van der Waals surface area contributed by atoms with Gasteiger partial charge in [0.1, 0.15) is 24.7 Å². The number of hydrogen-bond acceptors (Lipinski definition) is 6. The van der Waals surface area contributed by atoms with Crippen molar-refractivity contribution in [3.63, 3.8) is 0 Å². The second-order valence-electron chi connectivity index (χ2n) is 11.0. The quantitative estimate of drug-likeness (QED) is 0.259. The summed E-state index contributed by atoms with van der Waals surface area (Å²) in [5.41, 5.74) is 3.74. The first-order valence-corrected chi connectivity index (χ1v) is 16.1. The molecule has 43 heavy (non-hydrogen) atoms. The van der Waals surface area contributed by atoms with Gasteiger partial charge in [-0.1, -0.05) is 60.2 Å². The molecule has 3 aromatic carbocycles. The summed E-state index contributed by atoms with van der Waals surface area (Å²) in [4.78, 5) is 27.8. The number of carbonyl (C=O) groups excluding carboxylic acids is 2. The van der Waals surface area contributed by atoms with Gasteiger partial charge in [-0.25, -0.2) is 17.9 Å². The minimum Gasteiger partial charge on any atom is -0.492 e. The lowest BCUT2D eigenvalue weighted by Gasteiger charge is -2.31. The number of nitrogens with zero attached hydrogens (tertiary/aromatic N) is 2. The van der Waals surface area contributed by atoms with Crippen LogP contribution in [0.4, 0.5) is 4.79 Å². The maximum absolute atomic E-state index is 13.6. The highest BCUT2D eigenvalue weighted by Gasteiger charge is 2.30. The summed E-state index contributed by atoms with van der Waals surface area (Å²) in [5, 5.41) is 0.888. The van der Waals surface area contributed by atoms with E-state index in [4.69, 9.17) is 9.47 Å². The van der Waals surface area contributed by atoms with Crippen molar-refractivity contribution in [1.82, 2.24) is 14.2 Å². The molecule has 1 saturated heterocycles. The highest BCUT2D eigenvalue weighted by molar-refractivity contribution is 7.90. The Labute approximate surface area is 252 Å². The van der Waals surface area contributed by atoms with Gasteiger partial charge >= 0.3 is 6.09 Å². The number of amides is 2. The fourth-order valence-corrected chi connectivity index (χ4v) is 7.01. The Morgan fingerprint density at radius 3 is 2.44 bits per heavy atom. The molecule has 0 bridgehead atoms. The Morgan fingerprint density at radius 1 is 0.977 bits per heavy atom. The van der Waals surface area contributed by atoms with E-state index in [-0.39, 0.29) is 30.5 Å². The van der Waals surface area contributed by atoms with E-state index in [1.54, 1.807) is 4.90 Å². The molecule has 1 atom stereocenters. The first-order valence-electron chi connectivity index (χ1n) is 14.5. The molecule has 0 aliphatic carbocycles. The number of piperidine rings is 1. The molecule has 0 spiro atoms. The van der Waals surface area contributed by atoms with Gasteiger partial charge in [0.15, 0.2) is 0 Å². The fourth-order valence-electron chi connectivity index (χ4n) is 5.65. The molecule has 0 saturated carbocycles. The smallest absolute Gasteiger partial charge is 0.410 e. The van der Waals surface area contributed by atoms with Gasteiger partial charge in [-0.15, -0.1) is 0 Å². The predicted octanol–water partition coefficient (Wildman–Crippen LogP) is 5.45. The normalized spacial score (nSPS) is 15.3. The van der Waals surface area contributed by atoms with Crippen molar-refractivity contribution < 1.29 is 27.5 Å². The number of benzene rings is 3. The third-order valence-electron chi connectivity index (χ3n) is 7.70. The lowest BCUT2D eigenvalue weighted by Crippen LogP contribution is -2.44. The van der Waals surface area contributed by atoms with Crippen molar-refractivity contribution in [2.45, 2.75) is 39.8 Å². The second kappa shape index (κ2) is 13.3. The molecule has 9 nitrogen and oxygen atoms in total. The monoisotopic (exact) mass is 603 g/mol. The van der Waals surface area contributed by atoms with Crippen molar-refractivity contribution in [3.8, 4) is 5.75 Å². The number of aryl methyl sites for hydroxylation is 2. The van der Waals surface area contributed by atoms with Crippen molar-refractivity contribution >= 4 is 32.9 Å². The zero-order chi connectivity index (χ0) is 30.4. The lowest BCUT2D eigenvalue weighted by molar-refractivity contribution is 0.0811. The van der Waals surface area contributed by atoms with E-state index in [2.05, 4.69) is 4.72 Å². The summed E-state index contributed by atoms with van der Waals surface area (Å²) in [6.45, 7) is 5.36. The molecule has 1 N–H and O–H groups in total. The van der Waals surface area contributed by atoms with Crippen LogP contribution in [-0.2, 0) is 27.9 Å². The zero-order valence-electron chi connectivity index (χ0n) is 24.5. The number of sulfonamides is 1. The van der Waals surface area contributed by atoms with Crippen LogP contribution in [0, 0.1) is 19.8 Å². The summed E-state index contributed by atoms with van der Waals surface area (Å²) < 4.78 is 42.0. The molecule has 2 amide bonds. The van der Waals surface area contributed by atoms with Crippen LogP contribution in [0.15, 0.2) is 78.9 Å². The van der Waals surface area contributed by atoms with Crippen molar-refractivity contribution in [3.05, 3.63) is 101 Å². The summed E-state index contributed by atoms with van der Waals surface area (Å²) in [7, 11) is -4.00. The predicted molar refractivity (Wildman–Crippen MR) is 166 cm³/mol. The third-order valence-corrected chi connectivity index (χ3v) is 9.11. The lowest BCUT2D eigenvalue weighted by atomic mass is 10.0. The van der Waals surface area contributed by atoms with E-state index in [1.807, 2.05) is 97.3 Å². The minimum atomic E-state index is -4.00. The van der Waals surface area contributed by atoms with E-state index in [0.717, 1.165) is 22.0 Å². The number of aromatic nitrogens is 1. The van der Waals surface area contributed by atoms with Crippen LogP contribution in [0.3, 0.4) is 0 Å². The molecule has 10 heteroatoms. The maximum Gasteiger partial charge on any atom is 0.410 e. The van der Waals surface area contributed by atoms with Gasteiger partial charge in [-0.2, -0.15) is 0 Å². The van der Waals surface area contributed by atoms with Gasteiger partial charge in [-0.05, 0) is 68.0 Å². The number of fused-ring (bicyclic) bond motifs is 1. The molecule has 1 aromatic heterocycles. The molecule has 1 aliphatic heterocycles. The van der Waals surface area contributed by atoms with Crippen molar-refractivity contribution in [2.75, 3.05) is 25.4 Å². The van der Waals surface area contributed by atoms with Crippen LogP contribution in [-0.4, -0.2) is 55.3 Å². The fraction of sp³-hybridized carbons (Fsp3) is 0.333. The summed E-state index contributed by atoms with van der Waals surface area (Å²) >= 11 is 0. The van der Waals surface area contributed by atoms with Crippen LogP contribution in [0.5, 0.6) is 5.75 Å². The molecular formula is C33H37N3O6S. The molecule has 226 valence electrons. The Morgan fingerprint density at radius 2 is 1.70 bits per heavy atom. The van der Waals surface area contributed by atoms with Crippen LogP contribution in [0.1, 0.15) is 40.0 Å². The van der Waals surface area contributed by atoms with Crippen LogP contribution in [0.25, 0.3) is 10.9 Å². The second-order valence-corrected chi connectivity index (χ2v) is 12.8. The minimum absolute atomic E-state index is 0.151. The Bertz CT molecular complexity index is 1690. The molecule has 1 fully saturated rings. The van der Waals surface area contributed by atoms with Crippen LogP contribution in [0.2, 0.25) is 0 Å². The number of para-hydroxylation sites is 1. The van der Waals surface area contributed by atoms with Crippen molar-refractivity contribution in [2.24, 2.45) is 5.92 Å². The van der Waals surface area contributed by atoms with E-state index >= 15 is 0 Å². The molecule has 5 rings (SSSR count). The van der Waals surface area contributed by atoms with Gasteiger partial charge in [-0.3, -0.25) is 4.79 Å². The van der Waals surface area contributed by atoms with E-state index in [1.165, 1.54) is 0 Å². The molecular weight excluding hydrogens is 566 g/mol. The van der Waals surface area contributed by atoms with Crippen LogP contribution < -0.4 is 9.46 Å². The molecule has 0 unspecified atom stereocenters. The first-order chi connectivity index (χ1) is 20.7. The topological polar surface area (TPSA) is 107 Å². The SMILES string of the molecule is Cc1ccc2c(c1)c(C)c(C(=O)NS(=O)(=O)C[C@@H]1CCCN(C(=O)OCc3ccccc3)C1)n2CCOc1ccccc1. The maximum atomic E-state index is 13.6. The average molecular weight is 604 g/mol. The zero-order valence-corrected chi connectivity index (χ0v) is 25.3. The molecule has 4 aromatic rings. The summed E-state index contributed by atoms with van der Waals surface area (Å²) in [5.74, 6) is -0.555. The number of nitrogens with one attached hydrogen (secondary N) is 1. The number of ether oxygens (including phenoxy) is 2. The molecule has 0 radical (unpaired) electrons. The Balaban J connectivity index is 1.26. The number of carbonyl (C=O) groups is 2. The number of rotatable bonds is 10. The Kier molecular flexibility index (Phi) is 9.35. The Hall–Kier alpha value is -4.31. The summed E-state index contributed by atoms with van der Waals surface area (Å²) in [6.07, 6.45) is 0.818. The van der Waals surface area contributed by atoms with E-state index in [0.29, 0.717) is 43.9 Å². The van der Waals surface area contributed by atoms with Gasteiger partial charge < -0.3 is 18.9 Å². The highest BCUT2D eigenvalue weighted by Crippen LogP contribution is 2.27. The largest absolute Gasteiger partial charge is 0.492 e. The van der Waals surface area contributed by atoms with Gasteiger partial charge in [0.2, 0.25) is 10.0 Å². The van der Waals surface area contributed by atoms with E-state index in [9.17, 15) is 18.0 Å². The van der Waals surface area contributed by atoms with Gasteiger partial charge in [0.05, 0.1) is 12.3 Å². The van der Waals surface area contributed by atoms with Gasteiger partial charge in [0.25, 0.3) is 5.91 Å². The van der Waals surface area contributed by atoms with E-state index < -0.39 is 22.0 Å². The molecule has 2 heterocycles. The summed E-state index contributed by atoms with van der Waals surface area (Å²) in [6, 6.07) is 24.7. The number of likely N-dealkylation sites (tertiary alicyclic amines) is 1.